The highest BCUT2D eigenvalue weighted by Crippen LogP contribution is 2.26. The fraction of sp³-hybridized carbons (Fsp3) is 0.562. The summed E-state index contributed by atoms with van der Waals surface area (Å²) in [6, 6.07) is 8.02. The molecule has 0 spiro atoms. The number of hydrogen-bond acceptors (Lipinski definition) is 2. The molecule has 0 heterocycles. The number of amides is 1. The molecule has 0 unspecified atom stereocenters. The Hall–Kier alpha value is -1.35. The Morgan fingerprint density at radius 3 is 2.32 bits per heavy atom. The standard InChI is InChI=1S/C16H26N2O/c1-13-5-7-14(8-6-13)18(4)15(19)9-10-16(2,3)11-12-17/h5-8H,9-12,17H2,1-4H3. The van der Waals surface area contributed by atoms with Crippen LogP contribution in [-0.2, 0) is 4.79 Å². The van der Waals surface area contributed by atoms with Crippen molar-refractivity contribution in [1.29, 1.82) is 0 Å². The van der Waals surface area contributed by atoms with Crippen molar-refractivity contribution in [2.24, 2.45) is 11.1 Å². The van der Waals surface area contributed by atoms with Gasteiger partial charge in [-0.1, -0.05) is 31.5 Å². The lowest BCUT2D eigenvalue weighted by Crippen LogP contribution is -2.28. The normalized spacial score (nSPS) is 11.4. The molecule has 0 aromatic heterocycles. The van der Waals surface area contributed by atoms with Gasteiger partial charge in [-0.3, -0.25) is 4.79 Å². The predicted molar refractivity (Wildman–Crippen MR) is 81.3 cm³/mol. The van der Waals surface area contributed by atoms with Crippen LogP contribution in [0.5, 0.6) is 0 Å². The Morgan fingerprint density at radius 2 is 1.79 bits per heavy atom. The number of aryl methyl sites for hydroxylation is 1. The molecule has 2 N–H and O–H groups in total. The van der Waals surface area contributed by atoms with Gasteiger partial charge in [0, 0.05) is 19.2 Å². The molecule has 19 heavy (non-hydrogen) atoms. The molecule has 0 atom stereocenters. The van der Waals surface area contributed by atoms with Crippen molar-refractivity contribution in [1.82, 2.24) is 0 Å². The average Bonchev–Trinajstić information content (AvgIpc) is 2.36. The highest BCUT2D eigenvalue weighted by Gasteiger charge is 2.20. The second kappa shape index (κ2) is 6.71. The minimum atomic E-state index is 0.137. The molecule has 0 saturated heterocycles. The van der Waals surface area contributed by atoms with Crippen molar-refractivity contribution in [3.8, 4) is 0 Å². The van der Waals surface area contributed by atoms with Crippen molar-refractivity contribution in [3.05, 3.63) is 29.8 Å². The van der Waals surface area contributed by atoms with Gasteiger partial charge in [-0.05, 0) is 43.9 Å². The summed E-state index contributed by atoms with van der Waals surface area (Å²) in [4.78, 5) is 13.9. The van der Waals surface area contributed by atoms with Crippen molar-refractivity contribution in [3.63, 3.8) is 0 Å². The van der Waals surface area contributed by atoms with Gasteiger partial charge in [0.2, 0.25) is 5.91 Å². The fourth-order valence-electron chi connectivity index (χ4n) is 2.04. The van der Waals surface area contributed by atoms with E-state index in [0.29, 0.717) is 13.0 Å². The molecule has 0 aliphatic rings. The van der Waals surface area contributed by atoms with Gasteiger partial charge in [0.15, 0.2) is 0 Å². The molecular weight excluding hydrogens is 236 g/mol. The maximum absolute atomic E-state index is 12.2. The Balaban J connectivity index is 2.56. The van der Waals surface area contributed by atoms with Crippen molar-refractivity contribution >= 4 is 11.6 Å². The van der Waals surface area contributed by atoms with E-state index in [0.717, 1.165) is 18.5 Å². The van der Waals surface area contributed by atoms with Gasteiger partial charge in [0.25, 0.3) is 0 Å². The summed E-state index contributed by atoms with van der Waals surface area (Å²) in [5.74, 6) is 0.161. The van der Waals surface area contributed by atoms with Gasteiger partial charge in [0.1, 0.15) is 0 Å². The van der Waals surface area contributed by atoms with E-state index in [1.807, 2.05) is 38.2 Å². The first kappa shape index (κ1) is 15.7. The Labute approximate surface area is 116 Å². The molecule has 1 amide bonds. The van der Waals surface area contributed by atoms with E-state index in [1.54, 1.807) is 4.90 Å². The molecular formula is C16H26N2O. The lowest BCUT2D eigenvalue weighted by atomic mass is 9.84. The number of rotatable bonds is 6. The van der Waals surface area contributed by atoms with Crippen LogP contribution in [0.3, 0.4) is 0 Å². The van der Waals surface area contributed by atoms with Crippen LogP contribution in [0.2, 0.25) is 0 Å². The SMILES string of the molecule is Cc1ccc(N(C)C(=O)CCC(C)(C)CCN)cc1. The fourth-order valence-corrected chi connectivity index (χ4v) is 2.04. The maximum atomic E-state index is 12.2. The lowest BCUT2D eigenvalue weighted by Gasteiger charge is -2.25. The molecule has 3 heteroatoms. The third kappa shape index (κ3) is 5.03. The second-order valence-corrected chi connectivity index (χ2v) is 5.99. The van der Waals surface area contributed by atoms with Gasteiger partial charge in [-0.25, -0.2) is 0 Å². The number of benzene rings is 1. The number of nitrogens with zero attached hydrogens (tertiary/aromatic N) is 1. The predicted octanol–water partition coefficient (Wildman–Crippen LogP) is 3.11. The molecule has 106 valence electrons. The monoisotopic (exact) mass is 262 g/mol. The molecule has 1 aromatic rings. The first-order valence-corrected chi connectivity index (χ1v) is 6.89. The summed E-state index contributed by atoms with van der Waals surface area (Å²) >= 11 is 0. The molecule has 0 aliphatic carbocycles. The van der Waals surface area contributed by atoms with Crippen molar-refractivity contribution in [2.45, 2.75) is 40.0 Å². The molecule has 0 aliphatic heterocycles. The minimum absolute atomic E-state index is 0.137. The highest BCUT2D eigenvalue weighted by atomic mass is 16.2. The van der Waals surface area contributed by atoms with E-state index in [1.165, 1.54) is 5.56 Å². The van der Waals surface area contributed by atoms with Crippen LogP contribution in [0.1, 0.15) is 38.7 Å². The Kier molecular flexibility index (Phi) is 5.55. The Morgan fingerprint density at radius 1 is 1.21 bits per heavy atom. The zero-order valence-electron chi connectivity index (χ0n) is 12.6. The number of nitrogens with two attached hydrogens (primary N) is 1. The van der Waals surface area contributed by atoms with Crippen LogP contribution in [0.25, 0.3) is 0 Å². The van der Waals surface area contributed by atoms with E-state index in [2.05, 4.69) is 13.8 Å². The van der Waals surface area contributed by atoms with Crippen LogP contribution in [0.15, 0.2) is 24.3 Å². The quantitative estimate of drug-likeness (QED) is 0.856. The van der Waals surface area contributed by atoms with Crippen LogP contribution in [-0.4, -0.2) is 19.5 Å². The molecule has 1 aromatic carbocycles. The summed E-state index contributed by atoms with van der Waals surface area (Å²) in [5.41, 5.74) is 7.88. The number of carbonyl (C=O) groups excluding carboxylic acids is 1. The third-order valence-corrected chi connectivity index (χ3v) is 3.63. The molecule has 0 saturated carbocycles. The third-order valence-electron chi connectivity index (χ3n) is 3.63. The van der Waals surface area contributed by atoms with Gasteiger partial charge in [0.05, 0.1) is 0 Å². The molecule has 1 rings (SSSR count). The van der Waals surface area contributed by atoms with Crippen LogP contribution < -0.4 is 10.6 Å². The van der Waals surface area contributed by atoms with E-state index < -0.39 is 0 Å². The van der Waals surface area contributed by atoms with Gasteiger partial charge in [-0.2, -0.15) is 0 Å². The van der Waals surface area contributed by atoms with Crippen LogP contribution in [0, 0.1) is 12.3 Å². The molecule has 0 bridgehead atoms. The molecule has 0 fully saturated rings. The topological polar surface area (TPSA) is 46.3 Å². The minimum Gasteiger partial charge on any atom is -0.330 e. The summed E-state index contributed by atoms with van der Waals surface area (Å²) in [6.45, 7) is 7.05. The lowest BCUT2D eigenvalue weighted by molar-refractivity contribution is -0.118. The average molecular weight is 262 g/mol. The molecule has 3 nitrogen and oxygen atoms in total. The second-order valence-electron chi connectivity index (χ2n) is 5.99. The van der Waals surface area contributed by atoms with Crippen LogP contribution >= 0.6 is 0 Å². The summed E-state index contributed by atoms with van der Waals surface area (Å²) in [6.07, 6.45) is 2.39. The molecule has 0 radical (unpaired) electrons. The van der Waals surface area contributed by atoms with Gasteiger partial charge >= 0.3 is 0 Å². The first-order valence-electron chi connectivity index (χ1n) is 6.89. The van der Waals surface area contributed by atoms with Crippen molar-refractivity contribution in [2.75, 3.05) is 18.5 Å². The van der Waals surface area contributed by atoms with Gasteiger partial charge < -0.3 is 10.6 Å². The number of carbonyl (C=O) groups is 1. The maximum Gasteiger partial charge on any atom is 0.226 e. The largest absolute Gasteiger partial charge is 0.330 e. The summed E-state index contributed by atoms with van der Waals surface area (Å²) in [7, 11) is 1.84. The van der Waals surface area contributed by atoms with E-state index in [4.69, 9.17) is 5.73 Å². The van der Waals surface area contributed by atoms with E-state index in [9.17, 15) is 4.79 Å². The highest BCUT2D eigenvalue weighted by molar-refractivity contribution is 5.92. The van der Waals surface area contributed by atoms with Gasteiger partial charge in [-0.15, -0.1) is 0 Å². The first-order chi connectivity index (χ1) is 8.85. The number of anilines is 1. The van der Waals surface area contributed by atoms with Crippen molar-refractivity contribution < 1.29 is 4.79 Å². The Bertz CT molecular complexity index is 409. The zero-order chi connectivity index (χ0) is 14.5. The summed E-state index contributed by atoms with van der Waals surface area (Å²) in [5, 5.41) is 0. The summed E-state index contributed by atoms with van der Waals surface area (Å²) < 4.78 is 0. The smallest absolute Gasteiger partial charge is 0.226 e. The van der Waals surface area contributed by atoms with Crippen LogP contribution in [0.4, 0.5) is 5.69 Å². The zero-order valence-corrected chi connectivity index (χ0v) is 12.6. The number of hydrogen-bond donors (Lipinski definition) is 1. The van der Waals surface area contributed by atoms with E-state index in [-0.39, 0.29) is 11.3 Å². The van der Waals surface area contributed by atoms with E-state index >= 15 is 0 Å².